The molecule has 8 heteroatoms. The Labute approximate surface area is 157 Å². The summed E-state index contributed by atoms with van der Waals surface area (Å²) in [5.74, 6) is 0.143. The third-order valence-electron chi connectivity index (χ3n) is 3.93. The van der Waals surface area contributed by atoms with Crippen LogP contribution >= 0.6 is 11.3 Å². The van der Waals surface area contributed by atoms with Gasteiger partial charge in [0.05, 0.1) is 23.2 Å². The standard InChI is InChI=1S/C19H13N3O4S/c23-19(10-16-2-1-9-27-16)26-15-6-3-13(4-7-15)17-12-21-11-14(22(24)25)5-8-18(21)20-17/h1-9,11-12H,10H2. The van der Waals surface area contributed by atoms with E-state index in [1.54, 1.807) is 40.9 Å². The Hall–Kier alpha value is -3.52. The molecule has 0 unspecified atom stereocenters. The van der Waals surface area contributed by atoms with Crippen LogP contribution in [0.5, 0.6) is 5.75 Å². The first kappa shape index (κ1) is 16.9. The SMILES string of the molecule is O=C(Cc1cccs1)Oc1ccc(-c2cn3cc([N+](=O)[O-])ccc3n2)cc1. The number of carbonyl (C=O) groups is 1. The van der Waals surface area contributed by atoms with Gasteiger partial charge in [-0.3, -0.25) is 19.3 Å². The molecular formula is C19H13N3O4S. The van der Waals surface area contributed by atoms with E-state index in [9.17, 15) is 14.9 Å². The summed E-state index contributed by atoms with van der Waals surface area (Å²) in [5, 5.41) is 12.8. The first-order valence-corrected chi connectivity index (χ1v) is 8.93. The fourth-order valence-electron chi connectivity index (χ4n) is 2.64. The smallest absolute Gasteiger partial charge is 0.316 e. The Bertz CT molecular complexity index is 1120. The summed E-state index contributed by atoms with van der Waals surface area (Å²) < 4.78 is 6.96. The van der Waals surface area contributed by atoms with Gasteiger partial charge in [0, 0.05) is 22.7 Å². The lowest BCUT2D eigenvalue weighted by atomic mass is 10.1. The summed E-state index contributed by atoms with van der Waals surface area (Å²) in [6.07, 6.45) is 3.39. The lowest BCUT2D eigenvalue weighted by molar-refractivity contribution is -0.385. The molecule has 134 valence electrons. The first-order valence-electron chi connectivity index (χ1n) is 8.05. The molecule has 0 saturated heterocycles. The van der Waals surface area contributed by atoms with Crippen LogP contribution in [0.4, 0.5) is 5.69 Å². The van der Waals surface area contributed by atoms with Crippen molar-refractivity contribution in [3.63, 3.8) is 0 Å². The van der Waals surface area contributed by atoms with Crippen molar-refractivity contribution in [1.29, 1.82) is 0 Å². The van der Waals surface area contributed by atoms with Crippen LogP contribution in [0.25, 0.3) is 16.9 Å². The van der Waals surface area contributed by atoms with E-state index in [4.69, 9.17) is 4.74 Å². The average Bonchev–Trinajstić information content (AvgIpc) is 3.30. The maximum atomic E-state index is 12.0. The van der Waals surface area contributed by atoms with E-state index in [1.807, 2.05) is 17.5 Å². The highest BCUT2D eigenvalue weighted by Crippen LogP contribution is 2.24. The van der Waals surface area contributed by atoms with Gasteiger partial charge in [0.25, 0.3) is 5.69 Å². The van der Waals surface area contributed by atoms with Crippen molar-refractivity contribution in [2.75, 3.05) is 0 Å². The highest BCUT2D eigenvalue weighted by Gasteiger charge is 2.11. The molecule has 0 aliphatic rings. The van der Waals surface area contributed by atoms with E-state index in [-0.39, 0.29) is 18.1 Å². The number of imidazole rings is 1. The van der Waals surface area contributed by atoms with E-state index in [2.05, 4.69) is 4.98 Å². The highest BCUT2D eigenvalue weighted by molar-refractivity contribution is 7.10. The minimum absolute atomic E-state index is 0.000508. The number of hydrogen-bond acceptors (Lipinski definition) is 6. The van der Waals surface area contributed by atoms with Gasteiger partial charge in [-0.15, -0.1) is 11.3 Å². The Kier molecular flexibility index (Phi) is 4.39. The van der Waals surface area contributed by atoms with Crippen molar-refractivity contribution in [3.8, 4) is 17.0 Å². The number of rotatable bonds is 5. The number of hydrogen-bond donors (Lipinski definition) is 0. The molecule has 0 N–H and O–H groups in total. The largest absolute Gasteiger partial charge is 0.426 e. The number of esters is 1. The predicted molar refractivity (Wildman–Crippen MR) is 101 cm³/mol. The number of ether oxygens (including phenoxy) is 1. The fourth-order valence-corrected chi connectivity index (χ4v) is 3.33. The van der Waals surface area contributed by atoms with E-state index >= 15 is 0 Å². The van der Waals surface area contributed by atoms with E-state index in [0.717, 1.165) is 10.4 Å². The maximum Gasteiger partial charge on any atom is 0.316 e. The fraction of sp³-hybridized carbons (Fsp3) is 0.0526. The average molecular weight is 379 g/mol. The van der Waals surface area contributed by atoms with Crippen LogP contribution in [0, 0.1) is 10.1 Å². The third-order valence-corrected chi connectivity index (χ3v) is 4.80. The van der Waals surface area contributed by atoms with Crippen molar-refractivity contribution in [2.24, 2.45) is 0 Å². The summed E-state index contributed by atoms with van der Waals surface area (Å²) in [4.78, 5) is 27.8. The summed E-state index contributed by atoms with van der Waals surface area (Å²) in [6.45, 7) is 0. The normalized spacial score (nSPS) is 10.8. The topological polar surface area (TPSA) is 86.7 Å². The molecule has 0 aliphatic heterocycles. The lowest BCUT2D eigenvalue weighted by Gasteiger charge is -2.04. The van der Waals surface area contributed by atoms with Crippen LogP contribution in [0.15, 0.2) is 66.3 Å². The molecule has 0 saturated carbocycles. The summed E-state index contributed by atoms with van der Waals surface area (Å²) >= 11 is 1.51. The van der Waals surface area contributed by atoms with Crippen molar-refractivity contribution >= 4 is 28.6 Å². The molecule has 0 amide bonds. The Morgan fingerprint density at radius 2 is 1.96 bits per heavy atom. The number of thiophene rings is 1. The van der Waals surface area contributed by atoms with E-state index in [1.165, 1.54) is 23.6 Å². The molecule has 0 bridgehead atoms. The molecule has 1 aromatic carbocycles. The van der Waals surface area contributed by atoms with Crippen LogP contribution in [0.2, 0.25) is 0 Å². The van der Waals surface area contributed by atoms with Crippen molar-refractivity contribution in [2.45, 2.75) is 6.42 Å². The van der Waals surface area contributed by atoms with Gasteiger partial charge < -0.3 is 4.74 Å². The molecule has 3 aromatic heterocycles. The molecule has 0 spiro atoms. The number of carbonyl (C=O) groups excluding carboxylic acids is 1. The van der Waals surface area contributed by atoms with Crippen molar-refractivity contribution in [1.82, 2.24) is 9.38 Å². The third kappa shape index (κ3) is 3.70. The minimum atomic E-state index is -0.446. The Balaban J connectivity index is 1.50. The molecular weight excluding hydrogens is 366 g/mol. The molecule has 27 heavy (non-hydrogen) atoms. The van der Waals surface area contributed by atoms with Crippen molar-refractivity contribution in [3.05, 3.63) is 81.3 Å². The molecule has 3 heterocycles. The second kappa shape index (κ2) is 7.00. The van der Waals surface area contributed by atoms with Crippen LogP contribution in [0.3, 0.4) is 0 Å². The second-order valence-corrected chi connectivity index (χ2v) is 6.82. The van der Waals surface area contributed by atoms with Gasteiger partial charge in [0.15, 0.2) is 0 Å². The lowest BCUT2D eigenvalue weighted by Crippen LogP contribution is -2.10. The highest BCUT2D eigenvalue weighted by atomic mass is 32.1. The molecule has 4 rings (SSSR count). The monoisotopic (exact) mass is 379 g/mol. The Morgan fingerprint density at radius 1 is 1.15 bits per heavy atom. The molecule has 7 nitrogen and oxygen atoms in total. The summed E-state index contributed by atoms with van der Waals surface area (Å²) in [7, 11) is 0. The maximum absolute atomic E-state index is 12.0. The van der Waals surface area contributed by atoms with Gasteiger partial charge in [0.2, 0.25) is 0 Å². The molecule has 4 aromatic rings. The number of pyridine rings is 1. The zero-order chi connectivity index (χ0) is 18.8. The first-order chi connectivity index (χ1) is 13.1. The number of nitrogens with zero attached hydrogens (tertiary/aromatic N) is 3. The zero-order valence-electron chi connectivity index (χ0n) is 13.9. The van der Waals surface area contributed by atoms with E-state index < -0.39 is 4.92 Å². The number of fused-ring (bicyclic) bond motifs is 1. The van der Waals surface area contributed by atoms with E-state index in [0.29, 0.717) is 17.1 Å². The molecule has 0 atom stereocenters. The van der Waals surface area contributed by atoms with Crippen molar-refractivity contribution < 1.29 is 14.5 Å². The van der Waals surface area contributed by atoms with Crippen LogP contribution in [0.1, 0.15) is 4.88 Å². The Morgan fingerprint density at radius 3 is 2.67 bits per heavy atom. The van der Waals surface area contributed by atoms with Crippen LogP contribution < -0.4 is 4.74 Å². The van der Waals surface area contributed by atoms with Crippen LogP contribution in [-0.4, -0.2) is 20.3 Å². The van der Waals surface area contributed by atoms with Gasteiger partial charge in [-0.2, -0.15) is 0 Å². The van der Waals surface area contributed by atoms with Gasteiger partial charge in [-0.1, -0.05) is 6.07 Å². The molecule has 0 fully saturated rings. The molecule has 0 radical (unpaired) electrons. The summed E-state index contributed by atoms with van der Waals surface area (Å²) in [5.41, 5.74) is 2.10. The predicted octanol–water partition coefficient (Wildman–Crippen LogP) is 4.12. The zero-order valence-corrected chi connectivity index (χ0v) is 14.8. The summed E-state index contributed by atoms with van der Waals surface area (Å²) in [6, 6.07) is 13.8. The number of aromatic nitrogens is 2. The van der Waals surface area contributed by atoms with Gasteiger partial charge in [0.1, 0.15) is 11.4 Å². The van der Waals surface area contributed by atoms with Gasteiger partial charge in [-0.25, -0.2) is 4.98 Å². The number of benzene rings is 1. The second-order valence-electron chi connectivity index (χ2n) is 5.79. The molecule has 0 aliphatic carbocycles. The van der Waals surface area contributed by atoms with Crippen LogP contribution in [-0.2, 0) is 11.2 Å². The quantitative estimate of drug-likeness (QED) is 0.225. The number of nitro groups is 1. The van der Waals surface area contributed by atoms with Gasteiger partial charge >= 0.3 is 5.97 Å². The minimum Gasteiger partial charge on any atom is -0.426 e. The van der Waals surface area contributed by atoms with Gasteiger partial charge in [-0.05, 0) is 41.8 Å².